The average Bonchev–Trinajstić information content (AvgIpc) is 2.74. The van der Waals surface area contributed by atoms with E-state index < -0.39 is 0 Å². The molecule has 2 nitrogen and oxygen atoms in total. The van der Waals surface area contributed by atoms with Crippen molar-refractivity contribution in [3.05, 3.63) is 59.8 Å². The van der Waals surface area contributed by atoms with Crippen molar-refractivity contribution < 1.29 is 8.81 Å². The highest BCUT2D eigenvalue weighted by molar-refractivity contribution is 5.17. The molecule has 0 aliphatic heterocycles. The Hall–Kier alpha value is -1.61. The van der Waals surface area contributed by atoms with Crippen LogP contribution >= 0.6 is 0 Å². The first kappa shape index (κ1) is 9.93. The van der Waals surface area contributed by atoms with Crippen LogP contribution in [0, 0.1) is 5.82 Å². The smallest absolute Gasteiger partial charge is 0.127 e. The Labute approximate surface area is 87.7 Å². The lowest BCUT2D eigenvalue weighted by molar-refractivity contribution is 0.479. The quantitative estimate of drug-likeness (QED) is 0.830. The van der Waals surface area contributed by atoms with Crippen molar-refractivity contribution in [3.8, 4) is 0 Å². The minimum Gasteiger partial charge on any atom is -0.468 e. The van der Waals surface area contributed by atoms with E-state index in [0.29, 0.717) is 18.7 Å². The molecule has 0 saturated heterocycles. The minimum atomic E-state index is -0.176. The van der Waals surface area contributed by atoms with Crippen LogP contribution in [-0.4, -0.2) is 0 Å². The standard InChI is InChI=1S/C12H12FNO/c13-12-6-2-1-4-10(12)8-14-9-11-5-3-7-15-11/h1-7,14H,8-9H2. The molecule has 0 unspecified atom stereocenters. The second-order valence-corrected chi connectivity index (χ2v) is 3.27. The highest BCUT2D eigenvalue weighted by Crippen LogP contribution is 2.06. The Morgan fingerprint density at radius 1 is 1.07 bits per heavy atom. The molecule has 1 aromatic carbocycles. The molecular formula is C12H12FNO. The van der Waals surface area contributed by atoms with Crippen molar-refractivity contribution in [3.63, 3.8) is 0 Å². The van der Waals surface area contributed by atoms with Crippen LogP contribution in [0.15, 0.2) is 47.1 Å². The molecule has 0 bridgehead atoms. The molecular weight excluding hydrogens is 193 g/mol. The Morgan fingerprint density at radius 2 is 1.93 bits per heavy atom. The van der Waals surface area contributed by atoms with Gasteiger partial charge in [-0.15, -0.1) is 0 Å². The molecule has 2 rings (SSSR count). The van der Waals surface area contributed by atoms with Crippen molar-refractivity contribution in [1.82, 2.24) is 5.32 Å². The van der Waals surface area contributed by atoms with Crippen LogP contribution in [0.2, 0.25) is 0 Å². The van der Waals surface area contributed by atoms with E-state index in [1.54, 1.807) is 18.4 Å². The fraction of sp³-hybridized carbons (Fsp3) is 0.167. The van der Waals surface area contributed by atoms with Crippen LogP contribution in [0.3, 0.4) is 0 Å². The molecule has 3 heteroatoms. The Balaban J connectivity index is 1.86. The second-order valence-electron chi connectivity index (χ2n) is 3.27. The van der Waals surface area contributed by atoms with Gasteiger partial charge in [0.1, 0.15) is 11.6 Å². The Bertz CT molecular complexity index is 411. The molecule has 0 spiro atoms. The number of halogens is 1. The van der Waals surface area contributed by atoms with Crippen LogP contribution in [0.5, 0.6) is 0 Å². The number of hydrogen-bond acceptors (Lipinski definition) is 2. The van der Waals surface area contributed by atoms with E-state index >= 15 is 0 Å². The molecule has 0 saturated carbocycles. The molecule has 0 atom stereocenters. The maximum Gasteiger partial charge on any atom is 0.127 e. The molecule has 1 N–H and O–H groups in total. The van der Waals surface area contributed by atoms with Crippen LogP contribution in [0.1, 0.15) is 11.3 Å². The van der Waals surface area contributed by atoms with Gasteiger partial charge in [-0.05, 0) is 18.2 Å². The van der Waals surface area contributed by atoms with Gasteiger partial charge in [0.15, 0.2) is 0 Å². The van der Waals surface area contributed by atoms with Crippen LogP contribution in [0.4, 0.5) is 4.39 Å². The zero-order chi connectivity index (χ0) is 10.5. The van der Waals surface area contributed by atoms with Crippen molar-refractivity contribution >= 4 is 0 Å². The molecule has 78 valence electrons. The molecule has 1 heterocycles. The first-order valence-corrected chi connectivity index (χ1v) is 4.83. The molecule has 0 aliphatic carbocycles. The van der Waals surface area contributed by atoms with Gasteiger partial charge in [0, 0.05) is 12.1 Å². The predicted octanol–water partition coefficient (Wildman–Crippen LogP) is 2.71. The van der Waals surface area contributed by atoms with Crippen molar-refractivity contribution in [1.29, 1.82) is 0 Å². The van der Waals surface area contributed by atoms with Gasteiger partial charge >= 0.3 is 0 Å². The third-order valence-electron chi connectivity index (χ3n) is 2.15. The highest BCUT2D eigenvalue weighted by atomic mass is 19.1. The number of furan rings is 1. The summed E-state index contributed by atoms with van der Waals surface area (Å²) in [5.41, 5.74) is 0.670. The van der Waals surface area contributed by atoms with Crippen molar-refractivity contribution in [2.45, 2.75) is 13.1 Å². The van der Waals surface area contributed by atoms with E-state index in [1.807, 2.05) is 18.2 Å². The van der Waals surface area contributed by atoms with Gasteiger partial charge in [0.05, 0.1) is 12.8 Å². The first-order chi connectivity index (χ1) is 7.36. The Morgan fingerprint density at radius 3 is 2.67 bits per heavy atom. The van der Waals surface area contributed by atoms with Crippen LogP contribution in [-0.2, 0) is 13.1 Å². The summed E-state index contributed by atoms with van der Waals surface area (Å²) in [6, 6.07) is 10.5. The van der Waals surface area contributed by atoms with Gasteiger partial charge in [0.25, 0.3) is 0 Å². The summed E-state index contributed by atoms with van der Waals surface area (Å²) in [5, 5.41) is 3.11. The van der Waals surface area contributed by atoms with Gasteiger partial charge in [-0.2, -0.15) is 0 Å². The van der Waals surface area contributed by atoms with E-state index in [9.17, 15) is 4.39 Å². The summed E-state index contributed by atoms with van der Waals surface area (Å²) in [5.74, 6) is 0.677. The zero-order valence-corrected chi connectivity index (χ0v) is 8.24. The summed E-state index contributed by atoms with van der Waals surface area (Å²) in [4.78, 5) is 0. The van der Waals surface area contributed by atoms with E-state index in [1.165, 1.54) is 6.07 Å². The summed E-state index contributed by atoms with van der Waals surface area (Å²) in [6.07, 6.45) is 1.63. The number of nitrogens with one attached hydrogen (secondary N) is 1. The number of benzene rings is 1. The maximum absolute atomic E-state index is 13.2. The van der Waals surface area contributed by atoms with Gasteiger partial charge in [0.2, 0.25) is 0 Å². The van der Waals surface area contributed by atoms with Crippen LogP contribution < -0.4 is 5.32 Å². The molecule has 1 aromatic heterocycles. The second kappa shape index (κ2) is 4.75. The molecule has 2 aromatic rings. The third kappa shape index (κ3) is 2.67. The third-order valence-corrected chi connectivity index (χ3v) is 2.15. The first-order valence-electron chi connectivity index (χ1n) is 4.83. The average molecular weight is 205 g/mol. The number of hydrogen-bond donors (Lipinski definition) is 1. The normalized spacial score (nSPS) is 10.5. The molecule has 0 fully saturated rings. The van der Waals surface area contributed by atoms with Gasteiger partial charge in [-0.3, -0.25) is 0 Å². The molecule has 0 radical (unpaired) electrons. The van der Waals surface area contributed by atoms with Crippen molar-refractivity contribution in [2.75, 3.05) is 0 Å². The van der Waals surface area contributed by atoms with Crippen LogP contribution in [0.25, 0.3) is 0 Å². The summed E-state index contributed by atoms with van der Waals surface area (Å²) >= 11 is 0. The zero-order valence-electron chi connectivity index (χ0n) is 8.24. The van der Waals surface area contributed by atoms with Gasteiger partial charge < -0.3 is 9.73 Å². The molecule has 0 amide bonds. The lowest BCUT2D eigenvalue weighted by Gasteiger charge is -2.03. The van der Waals surface area contributed by atoms with E-state index in [-0.39, 0.29) is 5.82 Å². The summed E-state index contributed by atoms with van der Waals surface area (Å²) in [7, 11) is 0. The minimum absolute atomic E-state index is 0.176. The van der Waals surface area contributed by atoms with E-state index in [2.05, 4.69) is 5.32 Å². The number of rotatable bonds is 4. The van der Waals surface area contributed by atoms with Crippen molar-refractivity contribution in [2.24, 2.45) is 0 Å². The van der Waals surface area contributed by atoms with E-state index in [0.717, 1.165) is 5.76 Å². The topological polar surface area (TPSA) is 25.2 Å². The predicted molar refractivity (Wildman–Crippen MR) is 55.7 cm³/mol. The largest absolute Gasteiger partial charge is 0.468 e. The Kier molecular flexibility index (Phi) is 3.15. The fourth-order valence-corrected chi connectivity index (χ4v) is 1.38. The fourth-order valence-electron chi connectivity index (χ4n) is 1.38. The molecule has 15 heavy (non-hydrogen) atoms. The van der Waals surface area contributed by atoms with Gasteiger partial charge in [-0.1, -0.05) is 18.2 Å². The summed E-state index contributed by atoms with van der Waals surface area (Å²) in [6.45, 7) is 1.12. The lowest BCUT2D eigenvalue weighted by atomic mass is 10.2. The SMILES string of the molecule is Fc1ccccc1CNCc1ccco1. The lowest BCUT2D eigenvalue weighted by Crippen LogP contribution is -2.13. The monoisotopic (exact) mass is 205 g/mol. The maximum atomic E-state index is 13.2. The van der Waals surface area contributed by atoms with Gasteiger partial charge in [-0.25, -0.2) is 4.39 Å². The van der Waals surface area contributed by atoms with E-state index in [4.69, 9.17) is 4.42 Å². The highest BCUT2D eigenvalue weighted by Gasteiger charge is 2.00. The summed E-state index contributed by atoms with van der Waals surface area (Å²) < 4.78 is 18.3. The molecule has 0 aliphatic rings.